The molecule has 0 bridgehead atoms. The third-order valence-electron chi connectivity index (χ3n) is 4.37. The Morgan fingerprint density at radius 1 is 0.875 bits per heavy atom. The molecule has 2 aliphatic carbocycles. The lowest BCUT2D eigenvalue weighted by Gasteiger charge is -2.29. The van der Waals surface area contributed by atoms with Gasteiger partial charge in [0.2, 0.25) is 0 Å². The Morgan fingerprint density at radius 2 is 1.44 bits per heavy atom. The van der Waals surface area contributed by atoms with Crippen molar-refractivity contribution in [3.05, 3.63) is 0 Å². The van der Waals surface area contributed by atoms with E-state index in [9.17, 15) is 0 Å². The molecule has 0 N–H and O–H groups in total. The average Bonchev–Trinajstić information content (AvgIpc) is 2.31. The minimum absolute atomic E-state index is 0.506. The minimum Gasteiger partial charge on any atom is -0.375 e. The number of hydrogen-bond donors (Lipinski definition) is 0. The summed E-state index contributed by atoms with van der Waals surface area (Å²) >= 11 is 0. The molecule has 0 heterocycles. The summed E-state index contributed by atoms with van der Waals surface area (Å²) in [4.78, 5) is 0. The lowest BCUT2D eigenvalue weighted by Crippen LogP contribution is -2.24. The molecule has 0 aromatic rings. The van der Waals surface area contributed by atoms with E-state index in [0.29, 0.717) is 12.2 Å². The molecule has 1 heteroatoms. The summed E-state index contributed by atoms with van der Waals surface area (Å²) in [5, 5.41) is 0. The van der Waals surface area contributed by atoms with Gasteiger partial charge in [0.1, 0.15) is 0 Å². The predicted molar refractivity (Wildman–Crippen MR) is 68.6 cm³/mol. The van der Waals surface area contributed by atoms with Gasteiger partial charge in [-0.15, -0.1) is 0 Å². The summed E-state index contributed by atoms with van der Waals surface area (Å²) in [6.07, 6.45) is 16.5. The first kappa shape index (κ1) is 12.4. The van der Waals surface area contributed by atoms with Crippen molar-refractivity contribution >= 4 is 0 Å². The molecule has 2 fully saturated rings. The Morgan fingerprint density at radius 3 is 2.06 bits per heavy atom. The topological polar surface area (TPSA) is 9.23 Å². The maximum Gasteiger partial charge on any atom is 0.0578 e. The SMILES string of the molecule is CC(CC1CCCCC1)OC1CCCCC1. The molecule has 1 atom stereocenters. The van der Waals surface area contributed by atoms with Crippen LogP contribution in [-0.2, 0) is 4.74 Å². The summed E-state index contributed by atoms with van der Waals surface area (Å²) in [6, 6.07) is 0. The van der Waals surface area contributed by atoms with E-state index in [0.717, 1.165) is 5.92 Å². The van der Waals surface area contributed by atoms with Gasteiger partial charge < -0.3 is 4.74 Å². The second kappa shape index (κ2) is 6.64. The lowest BCUT2D eigenvalue weighted by atomic mass is 9.85. The Kier molecular flexibility index (Phi) is 5.15. The van der Waals surface area contributed by atoms with Crippen molar-refractivity contribution in [2.45, 2.75) is 89.8 Å². The fourth-order valence-electron chi connectivity index (χ4n) is 3.48. The highest BCUT2D eigenvalue weighted by Crippen LogP contribution is 2.29. The van der Waals surface area contributed by atoms with Gasteiger partial charge in [0, 0.05) is 0 Å². The summed E-state index contributed by atoms with van der Waals surface area (Å²) in [7, 11) is 0. The molecule has 16 heavy (non-hydrogen) atoms. The summed E-state index contributed by atoms with van der Waals surface area (Å²) in [5.41, 5.74) is 0. The minimum atomic E-state index is 0.506. The van der Waals surface area contributed by atoms with Crippen LogP contribution in [0.15, 0.2) is 0 Å². The van der Waals surface area contributed by atoms with Gasteiger partial charge in [-0.1, -0.05) is 51.4 Å². The third-order valence-corrected chi connectivity index (χ3v) is 4.37. The molecule has 0 radical (unpaired) electrons. The van der Waals surface area contributed by atoms with Crippen LogP contribution in [-0.4, -0.2) is 12.2 Å². The van der Waals surface area contributed by atoms with Gasteiger partial charge in [-0.3, -0.25) is 0 Å². The highest BCUT2D eigenvalue weighted by Gasteiger charge is 2.20. The van der Waals surface area contributed by atoms with Crippen LogP contribution in [0.1, 0.15) is 77.6 Å². The van der Waals surface area contributed by atoms with Crippen LogP contribution in [0.2, 0.25) is 0 Å². The largest absolute Gasteiger partial charge is 0.375 e. The number of ether oxygens (including phenoxy) is 1. The molecule has 0 saturated heterocycles. The van der Waals surface area contributed by atoms with E-state index in [4.69, 9.17) is 4.74 Å². The van der Waals surface area contributed by atoms with E-state index in [1.165, 1.54) is 70.6 Å². The van der Waals surface area contributed by atoms with Crippen LogP contribution in [0.3, 0.4) is 0 Å². The van der Waals surface area contributed by atoms with Crippen LogP contribution < -0.4 is 0 Å². The quantitative estimate of drug-likeness (QED) is 0.673. The molecule has 1 nitrogen and oxygen atoms in total. The van der Waals surface area contributed by atoms with Crippen molar-refractivity contribution in [3.63, 3.8) is 0 Å². The Balaban J connectivity index is 1.64. The Bertz CT molecular complexity index is 158. The van der Waals surface area contributed by atoms with E-state index in [-0.39, 0.29) is 0 Å². The molecule has 0 aromatic carbocycles. The van der Waals surface area contributed by atoms with E-state index in [2.05, 4.69) is 6.92 Å². The molecular weight excluding hydrogens is 196 g/mol. The zero-order valence-corrected chi connectivity index (χ0v) is 10.9. The second-order valence-electron chi connectivity index (χ2n) is 5.95. The van der Waals surface area contributed by atoms with Crippen LogP contribution in [0.4, 0.5) is 0 Å². The summed E-state index contributed by atoms with van der Waals surface area (Å²) in [6.45, 7) is 2.29. The lowest BCUT2D eigenvalue weighted by molar-refractivity contribution is -0.0328. The molecule has 2 rings (SSSR count). The van der Waals surface area contributed by atoms with Gasteiger partial charge in [-0.25, -0.2) is 0 Å². The smallest absolute Gasteiger partial charge is 0.0578 e. The highest BCUT2D eigenvalue weighted by atomic mass is 16.5. The molecule has 0 amide bonds. The number of rotatable bonds is 4. The second-order valence-corrected chi connectivity index (χ2v) is 5.95. The van der Waals surface area contributed by atoms with Crippen LogP contribution in [0, 0.1) is 5.92 Å². The molecule has 2 saturated carbocycles. The Hall–Kier alpha value is -0.0400. The van der Waals surface area contributed by atoms with E-state index in [1.54, 1.807) is 0 Å². The summed E-state index contributed by atoms with van der Waals surface area (Å²) in [5.74, 6) is 0.965. The van der Waals surface area contributed by atoms with E-state index >= 15 is 0 Å². The van der Waals surface area contributed by atoms with Gasteiger partial charge >= 0.3 is 0 Å². The molecule has 0 aromatic heterocycles. The van der Waals surface area contributed by atoms with Crippen molar-refractivity contribution in [2.24, 2.45) is 5.92 Å². The fraction of sp³-hybridized carbons (Fsp3) is 1.00. The van der Waals surface area contributed by atoms with Crippen molar-refractivity contribution < 1.29 is 4.74 Å². The summed E-state index contributed by atoms with van der Waals surface area (Å²) < 4.78 is 6.19. The first-order chi connectivity index (χ1) is 7.84. The van der Waals surface area contributed by atoms with E-state index in [1.807, 2.05) is 0 Å². The maximum absolute atomic E-state index is 6.19. The molecule has 0 aliphatic heterocycles. The zero-order valence-electron chi connectivity index (χ0n) is 10.9. The predicted octanol–water partition coefficient (Wildman–Crippen LogP) is 4.69. The normalized spacial score (nSPS) is 26.8. The van der Waals surface area contributed by atoms with Crippen LogP contribution in [0.5, 0.6) is 0 Å². The zero-order chi connectivity index (χ0) is 11.2. The van der Waals surface area contributed by atoms with Crippen LogP contribution in [0.25, 0.3) is 0 Å². The molecule has 1 unspecified atom stereocenters. The van der Waals surface area contributed by atoms with Gasteiger partial charge in [0.15, 0.2) is 0 Å². The molecule has 2 aliphatic rings. The van der Waals surface area contributed by atoms with Gasteiger partial charge in [-0.05, 0) is 32.1 Å². The van der Waals surface area contributed by atoms with Gasteiger partial charge in [0.25, 0.3) is 0 Å². The molecule has 94 valence electrons. The van der Waals surface area contributed by atoms with E-state index < -0.39 is 0 Å². The highest BCUT2D eigenvalue weighted by molar-refractivity contribution is 4.71. The maximum atomic E-state index is 6.19. The van der Waals surface area contributed by atoms with Gasteiger partial charge in [0.05, 0.1) is 12.2 Å². The monoisotopic (exact) mass is 224 g/mol. The first-order valence-electron chi connectivity index (χ1n) is 7.50. The fourth-order valence-corrected chi connectivity index (χ4v) is 3.48. The first-order valence-corrected chi connectivity index (χ1v) is 7.50. The number of hydrogen-bond acceptors (Lipinski definition) is 1. The molecule has 0 spiro atoms. The van der Waals surface area contributed by atoms with Crippen molar-refractivity contribution in [3.8, 4) is 0 Å². The standard InChI is InChI=1S/C15H28O/c1-13(12-14-8-4-2-5-9-14)16-15-10-6-3-7-11-15/h13-15H,2-12H2,1H3. The van der Waals surface area contributed by atoms with Gasteiger partial charge in [-0.2, -0.15) is 0 Å². The average molecular weight is 224 g/mol. The van der Waals surface area contributed by atoms with Crippen molar-refractivity contribution in [1.82, 2.24) is 0 Å². The molecular formula is C15H28O. The Labute approximate surface area is 101 Å². The van der Waals surface area contributed by atoms with Crippen molar-refractivity contribution in [1.29, 1.82) is 0 Å². The third kappa shape index (κ3) is 4.08. The van der Waals surface area contributed by atoms with Crippen molar-refractivity contribution in [2.75, 3.05) is 0 Å². The van der Waals surface area contributed by atoms with Crippen LogP contribution >= 0.6 is 0 Å².